The Morgan fingerprint density at radius 1 is 0.967 bits per heavy atom. The molecule has 6 unspecified atom stereocenters. The predicted molar refractivity (Wildman–Crippen MR) is 111 cm³/mol. The molecule has 0 spiro atoms. The molecule has 0 aliphatic heterocycles. The van der Waals surface area contributed by atoms with Crippen molar-refractivity contribution in [2.45, 2.75) is 96.6 Å². The number of carbonyl (C=O) groups is 1. The van der Waals surface area contributed by atoms with Gasteiger partial charge >= 0.3 is 5.97 Å². The monoisotopic (exact) mass is 424 g/mol. The van der Waals surface area contributed by atoms with Crippen LogP contribution >= 0.6 is 0 Å². The molecule has 0 saturated heterocycles. The zero-order chi connectivity index (χ0) is 22.0. The van der Waals surface area contributed by atoms with Crippen LogP contribution in [0.3, 0.4) is 0 Å². The van der Waals surface area contributed by atoms with Crippen molar-refractivity contribution >= 4 is 5.97 Å². The van der Waals surface area contributed by atoms with Crippen molar-refractivity contribution in [2.75, 3.05) is 0 Å². The summed E-state index contributed by atoms with van der Waals surface area (Å²) in [7, 11) is 0. The molecule has 0 aromatic heterocycles. The zero-order valence-corrected chi connectivity index (χ0v) is 18.6. The summed E-state index contributed by atoms with van der Waals surface area (Å²) in [5, 5.41) is 53.1. The van der Waals surface area contributed by atoms with Gasteiger partial charge < -0.3 is 25.5 Å². The Hall–Kier alpha value is -0.690. The number of rotatable bonds is 4. The first kappa shape index (κ1) is 22.5. The van der Waals surface area contributed by atoms with Crippen LogP contribution < -0.4 is 0 Å². The molecule has 30 heavy (non-hydrogen) atoms. The summed E-state index contributed by atoms with van der Waals surface area (Å²) in [6.07, 6.45) is 2.67. The van der Waals surface area contributed by atoms with Crippen LogP contribution in [-0.2, 0) is 4.79 Å². The van der Waals surface area contributed by atoms with Crippen LogP contribution in [0.15, 0.2) is 0 Å². The van der Waals surface area contributed by atoms with Gasteiger partial charge in [-0.15, -0.1) is 0 Å². The van der Waals surface area contributed by atoms with Gasteiger partial charge in [-0.3, -0.25) is 4.79 Å². The summed E-state index contributed by atoms with van der Waals surface area (Å²) >= 11 is 0. The lowest BCUT2D eigenvalue weighted by Gasteiger charge is -2.64. The van der Waals surface area contributed by atoms with E-state index < -0.39 is 30.4 Å². The molecule has 0 heterocycles. The molecule has 4 rings (SSSR count). The SMILES string of the molecule is CC(CCC(=O)O)[C@H]1CC[C@H]2[C@@H]3C(O)C(O)C4CC(O)CC[C@]4(C)[C@H]3CC(O)[C@]12C. The van der Waals surface area contributed by atoms with Crippen LogP contribution in [0.2, 0.25) is 0 Å². The fourth-order valence-corrected chi connectivity index (χ4v) is 8.72. The molecule has 4 aliphatic carbocycles. The van der Waals surface area contributed by atoms with Crippen molar-refractivity contribution in [3.63, 3.8) is 0 Å². The van der Waals surface area contributed by atoms with Crippen molar-refractivity contribution in [1.29, 1.82) is 0 Å². The highest BCUT2D eigenvalue weighted by Gasteiger charge is 2.67. The third-order valence-corrected chi connectivity index (χ3v) is 10.4. The number of fused-ring (bicyclic) bond motifs is 5. The van der Waals surface area contributed by atoms with Crippen molar-refractivity contribution in [2.24, 2.45) is 46.3 Å². The zero-order valence-electron chi connectivity index (χ0n) is 18.6. The quantitative estimate of drug-likeness (QED) is 0.473. The molecule has 6 heteroatoms. The van der Waals surface area contributed by atoms with Crippen molar-refractivity contribution in [3.8, 4) is 0 Å². The van der Waals surface area contributed by atoms with Gasteiger partial charge in [-0.05, 0) is 91.3 Å². The lowest BCUT2D eigenvalue weighted by Crippen LogP contribution is -2.66. The van der Waals surface area contributed by atoms with Gasteiger partial charge in [-0.1, -0.05) is 20.8 Å². The first-order valence-electron chi connectivity index (χ1n) is 12.0. The number of hydrogen-bond acceptors (Lipinski definition) is 5. The van der Waals surface area contributed by atoms with E-state index in [0.29, 0.717) is 25.7 Å². The van der Waals surface area contributed by atoms with E-state index in [1.54, 1.807) is 0 Å². The van der Waals surface area contributed by atoms with Gasteiger partial charge in [0.1, 0.15) is 0 Å². The van der Waals surface area contributed by atoms with E-state index in [1.807, 2.05) is 0 Å². The van der Waals surface area contributed by atoms with Gasteiger partial charge in [0.15, 0.2) is 0 Å². The van der Waals surface area contributed by atoms with Gasteiger partial charge in [-0.25, -0.2) is 0 Å². The number of aliphatic hydroxyl groups excluding tert-OH is 4. The third-order valence-electron chi connectivity index (χ3n) is 10.4. The van der Waals surface area contributed by atoms with E-state index in [2.05, 4.69) is 20.8 Å². The van der Waals surface area contributed by atoms with Crippen molar-refractivity contribution < 1.29 is 30.3 Å². The molecular weight excluding hydrogens is 384 g/mol. The highest BCUT2D eigenvalue weighted by Crippen LogP contribution is 2.68. The molecule has 6 nitrogen and oxygen atoms in total. The largest absolute Gasteiger partial charge is 0.481 e. The Balaban J connectivity index is 1.64. The average Bonchev–Trinajstić information content (AvgIpc) is 3.05. The summed E-state index contributed by atoms with van der Waals surface area (Å²) < 4.78 is 0. The summed E-state index contributed by atoms with van der Waals surface area (Å²) in [5.74, 6) is -0.299. The number of hydrogen-bond donors (Lipinski definition) is 5. The maximum absolute atomic E-state index is 11.5. The Labute approximate surface area is 179 Å². The van der Waals surface area contributed by atoms with E-state index >= 15 is 0 Å². The molecule has 5 N–H and O–H groups in total. The van der Waals surface area contributed by atoms with Gasteiger partial charge in [0.05, 0.1) is 24.4 Å². The number of carboxylic acids is 1. The Morgan fingerprint density at radius 2 is 1.67 bits per heavy atom. The van der Waals surface area contributed by atoms with E-state index in [4.69, 9.17) is 5.11 Å². The van der Waals surface area contributed by atoms with Crippen LogP contribution in [0.4, 0.5) is 0 Å². The van der Waals surface area contributed by atoms with Gasteiger partial charge in [0.2, 0.25) is 0 Å². The van der Waals surface area contributed by atoms with Crippen LogP contribution in [0.1, 0.15) is 72.1 Å². The Bertz CT molecular complexity index is 668. The molecule has 0 amide bonds. The molecule has 172 valence electrons. The van der Waals surface area contributed by atoms with Gasteiger partial charge in [0, 0.05) is 6.42 Å². The van der Waals surface area contributed by atoms with Crippen LogP contribution in [0, 0.1) is 46.3 Å². The molecule has 0 aromatic carbocycles. The number of carboxylic acid groups (broad SMARTS) is 1. The standard InChI is InChI=1S/C24H40O6/c1-12(4-7-19(27)28)14-5-6-15-20-16(11-18(26)24(14,15)3)23(2)9-8-13(25)10-17(23)21(29)22(20)30/h12-18,20-22,25-26,29-30H,4-11H2,1-3H3,(H,27,28)/t12?,13?,14-,15+,16+,17?,18?,20+,21?,22?,23-,24-/m1/s1. The minimum absolute atomic E-state index is 0.0541. The normalized spacial score (nSPS) is 54.0. The molecule has 12 atom stereocenters. The fourth-order valence-electron chi connectivity index (χ4n) is 8.72. The molecule has 4 aliphatic rings. The minimum atomic E-state index is -0.839. The average molecular weight is 425 g/mol. The van der Waals surface area contributed by atoms with E-state index in [9.17, 15) is 25.2 Å². The minimum Gasteiger partial charge on any atom is -0.481 e. The molecule has 0 bridgehead atoms. The molecule has 0 aromatic rings. The maximum atomic E-state index is 11.5. The van der Waals surface area contributed by atoms with Crippen molar-refractivity contribution in [1.82, 2.24) is 0 Å². The Morgan fingerprint density at radius 3 is 2.33 bits per heavy atom. The molecule has 0 radical (unpaired) electrons. The first-order valence-corrected chi connectivity index (χ1v) is 12.0. The number of aliphatic hydroxyl groups is 4. The number of aliphatic carboxylic acids is 1. The van der Waals surface area contributed by atoms with Crippen LogP contribution in [-0.4, -0.2) is 55.9 Å². The van der Waals surface area contributed by atoms with Crippen molar-refractivity contribution in [3.05, 3.63) is 0 Å². The van der Waals surface area contributed by atoms with E-state index in [-0.39, 0.29) is 52.8 Å². The summed E-state index contributed by atoms with van der Waals surface area (Å²) in [6.45, 7) is 6.45. The van der Waals surface area contributed by atoms with E-state index in [1.165, 1.54) is 0 Å². The predicted octanol–water partition coefficient (Wildman–Crippen LogP) is 2.42. The smallest absolute Gasteiger partial charge is 0.303 e. The topological polar surface area (TPSA) is 118 Å². The lowest BCUT2D eigenvalue weighted by molar-refractivity contribution is -0.243. The fraction of sp³-hybridized carbons (Fsp3) is 0.958. The second-order valence-corrected chi connectivity index (χ2v) is 11.5. The second-order valence-electron chi connectivity index (χ2n) is 11.5. The highest BCUT2D eigenvalue weighted by molar-refractivity contribution is 5.66. The summed E-state index contributed by atoms with van der Waals surface area (Å²) in [6, 6.07) is 0. The third kappa shape index (κ3) is 3.16. The van der Waals surface area contributed by atoms with Crippen LogP contribution in [0.25, 0.3) is 0 Å². The highest BCUT2D eigenvalue weighted by atomic mass is 16.4. The van der Waals surface area contributed by atoms with Gasteiger partial charge in [0.25, 0.3) is 0 Å². The molecule has 4 saturated carbocycles. The van der Waals surface area contributed by atoms with E-state index in [0.717, 1.165) is 19.3 Å². The molecular formula is C24H40O6. The van der Waals surface area contributed by atoms with Crippen LogP contribution in [0.5, 0.6) is 0 Å². The summed E-state index contributed by atoms with van der Waals surface area (Å²) in [5.41, 5.74) is -0.547. The second kappa shape index (κ2) is 7.72. The van der Waals surface area contributed by atoms with Gasteiger partial charge in [-0.2, -0.15) is 0 Å². The lowest BCUT2D eigenvalue weighted by atomic mass is 9.42. The Kier molecular flexibility index (Phi) is 5.79. The maximum Gasteiger partial charge on any atom is 0.303 e. The summed E-state index contributed by atoms with van der Waals surface area (Å²) in [4.78, 5) is 11.1. The first-order chi connectivity index (χ1) is 14.0. The molecule has 4 fully saturated rings.